The van der Waals surface area contributed by atoms with Crippen LogP contribution in [0, 0.1) is 0 Å². The third kappa shape index (κ3) is 1.10. The second-order valence-corrected chi connectivity index (χ2v) is 4.29. The van der Waals surface area contributed by atoms with Crippen molar-refractivity contribution in [1.29, 1.82) is 0 Å². The van der Waals surface area contributed by atoms with Gasteiger partial charge in [-0.3, -0.25) is 0 Å². The lowest BCUT2D eigenvalue weighted by atomic mass is 10.0. The molecule has 1 nitrogen and oxygen atoms in total. The van der Waals surface area contributed by atoms with E-state index in [0.717, 1.165) is 19.6 Å². The van der Waals surface area contributed by atoms with Crippen molar-refractivity contribution in [3.8, 4) is 0 Å². The number of fused-ring (bicyclic) bond motifs is 3. The maximum Gasteiger partial charge on any atom is 0.0726 e. The van der Waals surface area contributed by atoms with Crippen LogP contribution in [-0.4, -0.2) is 6.61 Å². The molecule has 0 aliphatic carbocycles. The van der Waals surface area contributed by atoms with Gasteiger partial charge >= 0.3 is 0 Å². The minimum Gasteiger partial charge on any atom is -0.376 e. The van der Waals surface area contributed by atoms with Gasteiger partial charge in [0.1, 0.15) is 0 Å². The Morgan fingerprint density at radius 2 is 2.23 bits per heavy atom. The number of benzene rings is 1. The molecular formula is C11H10OS. The van der Waals surface area contributed by atoms with E-state index in [9.17, 15) is 0 Å². The Morgan fingerprint density at radius 3 is 3.23 bits per heavy atom. The SMILES string of the molecule is c1cc2c3c(ccc2s1)CCOC3. The molecule has 1 aromatic carbocycles. The van der Waals surface area contributed by atoms with Crippen LogP contribution in [0.1, 0.15) is 11.1 Å². The summed E-state index contributed by atoms with van der Waals surface area (Å²) in [4.78, 5) is 0. The molecule has 2 heteroatoms. The van der Waals surface area contributed by atoms with Crippen LogP contribution in [0.3, 0.4) is 0 Å². The quantitative estimate of drug-likeness (QED) is 0.620. The molecule has 3 rings (SSSR count). The monoisotopic (exact) mass is 190 g/mol. The molecule has 13 heavy (non-hydrogen) atoms. The van der Waals surface area contributed by atoms with Crippen LogP contribution in [0.5, 0.6) is 0 Å². The maximum absolute atomic E-state index is 5.48. The van der Waals surface area contributed by atoms with Gasteiger partial charge in [0.2, 0.25) is 0 Å². The first-order valence-corrected chi connectivity index (χ1v) is 5.39. The molecule has 2 aromatic rings. The summed E-state index contributed by atoms with van der Waals surface area (Å²) in [5, 5.41) is 3.54. The first-order valence-electron chi connectivity index (χ1n) is 4.51. The molecule has 0 fully saturated rings. The molecule has 0 spiro atoms. The summed E-state index contributed by atoms with van der Waals surface area (Å²) in [6.45, 7) is 1.67. The predicted molar refractivity (Wildman–Crippen MR) is 55.2 cm³/mol. The van der Waals surface area contributed by atoms with Crippen molar-refractivity contribution in [2.24, 2.45) is 0 Å². The van der Waals surface area contributed by atoms with Crippen LogP contribution >= 0.6 is 11.3 Å². The van der Waals surface area contributed by atoms with E-state index in [2.05, 4.69) is 23.6 Å². The van der Waals surface area contributed by atoms with Crippen molar-refractivity contribution in [1.82, 2.24) is 0 Å². The molecule has 0 radical (unpaired) electrons. The molecule has 0 saturated heterocycles. The average Bonchev–Trinajstić information content (AvgIpc) is 2.65. The number of thiophene rings is 1. The minimum atomic E-state index is 0.795. The van der Waals surface area contributed by atoms with Gasteiger partial charge in [0.05, 0.1) is 13.2 Å². The van der Waals surface area contributed by atoms with Gasteiger partial charge in [-0.2, -0.15) is 0 Å². The van der Waals surface area contributed by atoms with Gasteiger partial charge < -0.3 is 4.74 Å². The Balaban J connectivity index is 2.34. The highest BCUT2D eigenvalue weighted by Crippen LogP contribution is 2.29. The van der Waals surface area contributed by atoms with Gasteiger partial charge in [-0.25, -0.2) is 0 Å². The van der Waals surface area contributed by atoms with E-state index in [0.29, 0.717) is 0 Å². The van der Waals surface area contributed by atoms with E-state index < -0.39 is 0 Å². The molecule has 1 aliphatic rings. The fourth-order valence-electron chi connectivity index (χ4n) is 1.91. The highest BCUT2D eigenvalue weighted by atomic mass is 32.1. The molecule has 0 amide bonds. The third-order valence-electron chi connectivity index (χ3n) is 2.61. The second-order valence-electron chi connectivity index (χ2n) is 3.34. The van der Waals surface area contributed by atoms with Crippen LogP contribution < -0.4 is 0 Å². The summed E-state index contributed by atoms with van der Waals surface area (Å²) < 4.78 is 6.86. The van der Waals surface area contributed by atoms with Crippen LogP contribution in [0.25, 0.3) is 10.1 Å². The van der Waals surface area contributed by atoms with E-state index in [4.69, 9.17) is 4.74 Å². The zero-order valence-corrected chi connectivity index (χ0v) is 8.06. The molecule has 0 unspecified atom stereocenters. The van der Waals surface area contributed by atoms with E-state index in [1.54, 1.807) is 11.3 Å². The van der Waals surface area contributed by atoms with Crippen molar-refractivity contribution in [2.75, 3.05) is 6.61 Å². The molecule has 0 saturated carbocycles. The lowest BCUT2D eigenvalue weighted by molar-refractivity contribution is 0.112. The van der Waals surface area contributed by atoms with Gasteiger partial charge in [-0.1, -0.05) is 6.07 Å². The van der Waals surface area contributed by atoms with Crippen molar-refractivity contribution < 1.29 is 4.74 Å². The van der Waals surface area contributed by atoms with E-state index in [1.807, 2.05) is 0 Å². The summed E-state index contributed by atoms with van der Waals surface area (Å²) in [5.74, 6) is 0. The zero-order chi connectivity index (χ0) is 8.67. The van der Waals surface area contributed by atoms with Gasteiger partial charge in [0.15, 0.2) is 0 Å². The Kier molecular flexibility index (Phi) is 1.64. The molecule has 1 aromatic heterocycles. The molecular weight excluding hydrogens is 180 g/mol. The fourth-order valence-corrected chi connectivity index (χ4v) is 2.73. The molecule has 66 valence electrons. The Morgan fingerprint density at radius 1 is 1.23 bits per heavy atom. The third-order valence-corrected chi connectivity index (χ3v) is 3.49. The Bertz CT molecular complexity index is 444. The Hall–Kier alpha value is -0.860. The number of hydrogen-bond donors (Lipinski definition) is 0. The Labute approximate surface area is 81.0 Å². The molecule has 1 aliphatic heterocycles. The van der Waals surface area contributed by atoms with Gasteiger partial charge in [-0.05, 0) is 40.4 Å². The summed E-state index contributed by atoms with van der Waals surface area (Å²) in [6, 6.07) is 6.67. The highest BCUT2D eigenvalue weighted by Gasteiger charge is 2.12. The predicted octanol–water partition coefficient (Wildman–Crippen LogP) is 2.97. The molecule has 0 N–H and O–H groups in total. The van der Waals surface area contributed by atoms with E-state index in [-0.39, 0.29) is 0 Å². The van der Waals surface area contributed by atoms with Crippen LogP contribution in [-0.2, 0) is 17.8 Å². The average molecular weight is 190 g/mol. The van der Waals surface area contributed by atoms with Gasteiger partial charge in [-0.15, -0.1) is 11.3 Å². The molecule has 0 bridgehead atoms. The van der Waals surface area contributed by atoms with E-state index in [1.165, 1.54) is 21.2 Å². The zero-order valence-electron chi connectivity index (χ0n) is 7.25. The summed E-state index contributed by atoms with van der Waals surface area (Å²) in [7, 11) is 0. The number of ether oxygens (including phenoxy) is 1. The highest BCUT2D eigenvalue weighted by molar-refractivity contribution is 7.17. The second kappa shape index (κ2) is 2.82. The van der Waals surface area contributed by atoms with Crippen molar-refractivity contribution in [3.63, 3.8) is 0 Å². The standard InChI is InChI=1S/C11H10OS/c1-2-11-9(4-6-13-11)10-7-12-5-3-8(1)10/h1-2,4,6H,3,5,7H2. The lowest BCUT2D eigenvalue weighted by Gasteiger charge is -2.16. The summed E-state index contributed by atoms with van der Waals surface area (Å²) >= 11 is 1.80. The van der Waals surface area contributed by atoms with Gasteiger partial charge in [0, 0.05) is 4.70 Å². The summed E-state index contributed by atoms with van der Waals surface area (Å²) in [5.41, 5.74) is 2.88. The van der Waals surface area contributed by atoms with Crippen molar-refractivity contribution in [2.45, 2.75) is 13.0 Å². The van der Waals surface area contributed by atoms with Crippen molar-refractivity contribution in [3.05, 3.63) is 34.7 Å². The molecule has 2 heterocycles. The van der Waals surface area contributed by atoms with Crippen LogP contribution in [0.15, 0.2) is 23.6 Å². The largest absolute Gasteiger partial charge is 0.376 e. The topological polar surface area (TPSA) is 9.23 Å². The van der Waals surface area contributed by atoms with Crippen LogP contribution in [0.4, 0.5) is 0 Å². The normalized spacial score (nSPS) is 16.0. The fraction of sp³-hybridized carbons (Fsp3) is 0.273. The van der Waals surface area contributed by atoms with Crippen molar-refractivity contribution >= 4 is 21.4 Å². The van der Waals surface area contributed by atoms with E-state index >= 15 is 0 Å². The lowest BCUT2D eigenvalue weighted by Crippen LogP contribution is -2.09. The minimum absolute atomic E-state index is 0.795. The summed E-state index contributed by atoms with van der Waals surface area (Å²) in [6.07, 6.45) is 1.07. The maximum atomic E-state index is 5.48. The van der Waals surface area contributed by atoms with Crippen LogP contribution in [0.2, 0.25) is 0 Å². The smallest absolute Gasteiger partial charge is 0.0726 e. The number of hydrogen-bond acceptors (Lipinski definition) is 2. The van der Waals surface area contributed by atoms with Gasteiger partial charge in [0.25, 0.3) is 0 Å². The number of rotatable bonds is 0. The molecule has 0 atom stereocenters. The first kappa shape index (κ1) is 7.54. The first-order chi connectivity index (χ1) is 6.45.